The van der Waals surface area contributed by atoms with Crippen LogP contribution in [-0.4, -0.2) is 35.6 Å². The van der Waals surface area contributed by atoms with Crippen LogP contribution in [0, 0.1) is 0 Å². The molecule has 2 rings (SSSR count). The lowest BCUT2D eigenvalue weighted by molar-refractivity contribution is -0.122. The maximum absolute atomic E-state index is 11.6. The Hall–Kier alpha value is -1.40. The summed E-state index contributed by atoms with van der Waals surface area (Å²) in [5.74, 6) is -0.283. The summed E-state index contributed by atoms with van der Waals surface area (Å²) >= 11 is 1.37. The van der Waals surface area contributed by atoms with E-state index in [9.17, 15) is 9.59 Å². The normalized spacial score (nSPS) is 16.1. The largest absolute Gasteiger partial charge is 0.394 e. The fraction of sp³-hybridized carbons (Fsp3) is 0.500. The number of aliphatic hydroxyl groups excluding tert-OH is 1. The smallest absolute Gasteiger partial charge is 0.261 e. The van der Waals surface area contributed by atoms with E-state index in [-0.39, 0.29) is 30.4 Å². The summed E-state index contributed by atoms with van der Waals surface area (Å²) in [6, 6.07) is 3.55. The molecule has 5 nitrogen and oxygen atoms in total. The number of nitrogens with one attached hydrogen (secondary N) is 2. The number of carbonyl (C=O) groups is 2. The summed E-state index contributed by atoms with van der Waals surface area (Å²) < 4.78 is 0. The Bertz CT molecular complexity index is 427. The topological polar surface area (TPSA) is 78.4 Å². The number of hydrogen-bond acceptors (Lipinski definition) is 4. The Kier molecular flexibility index (Phi) is 3.98. The molecule has 0 bridgehead atoms. The van der Waals surface area contributed by atoms with Gasteiger partial charge in [0, 0.05) is 13.0 Å². The van der Waals surface area contributed by atoms with Crippen LogP contribution in [-0.2, 0) is 4.79 Å². The van der Waals surface area contributed by atoms with Crippen LogP contribution in [0.25, 0.3) is 0 Å². The molecule has 18 heavy (non-hydrogen) atoms. The van der Waals surface area contributed by atoms with Crippen molar-refractivity contribution in [2.45, 2.75) is 24.8 Å². The van der Waals surface area contributed by atoms with Crippen LogP contribution in [0.1, 0.15) is 28.9 Å². The number of hydrogen-bond donors (Lipinski definition) is 3. The van der Waals surface area contributed by atoms with E-state index in [0.29, 0.717) is 11.4 Å². The van der Waals surface area contributed by atoms with E-state index in [2.05, 4.69) is 10.6 Å². The van der Waals surface area contributed by atoms with E-state index in [4.69, 9.17) is 5.11 Å². The maximum Gasteiger partial charge on any atom is 0.261 e. The molecule has 6 heteroatoms. The molecular weight excluding hydrogens is 252 g/mol. The van der Waals surface area contributed by atoms with E-state index in [1.54, 1.807) is 6.07 Å². The first kappa shape index (κ1) is 13.0. The molecule has 1 aliphatic carbocycles. The average Bonchev–Trinajstić information content (AvgIpc) is 2.92. The van der Waals surface area contributed by atoms with Gasteiger partial charge >= 0.3 is 0 Å². The number of aliphatic hydroxyl groups is 1. The van der Waals surface area contributed by atoms with E-state index in [1.807, 2.05) is 11.4 Å². The lowest BCUT2D eigenvalue weighted by Gasteiger charge is -2.14. The lowest BCUT2D eigenvalue weighted by Crippen LogP contribution is -2.41. The van der Waals surface area contributed by atoms with Gasteiger partial charge in [0.05, 0.1) is 17.0 Å². The molecule has 0 saturated heterocycles. The summed E-state index contributed by atoms with van der Waals surface area (Å²) in [5, 5.41) is 16.4. The molecular formula is C12H16N2O3S. The minimum Gasteiger partial charge on any atom is -0.394 e. The van der Waals surface area contributed by atoms with Gasteiger partial charge in [-0.05, 0) is 24.3 Å². The Morgan fingerprint density at radius 2 is 2.22 bits per heavy atom. The molecule has 1 aliphatic rings. The Morgan fingerprint density at radius 1 is 1.44 bits per heavy atom. The van der Waals surface area contributed by atoms with Gasteiger partial charge in [-0.1, -0.05) is 6.07 Å². The zero-order valence-corrected chi connectivity index (χ0v) is 10.8. The van der Waals surface area contributed by atoms with Gasteiger partial charge in [-0.2, -0.15) is 0 Å². The first-order valence-corrected chi connectivity index (χ1v) is 6.77. The van der Waals surface area contributed by atoms with E-state index in [0.717, 1.165) is 12.8 Å². The van der Waals surface area contributed by atoms with Crippen molar-refractivity contribution >= 4 is 23.2 Å². The molecule has 3 N–H and O–H groups in total. The second-order valence-electron chi connectivity index (χ2n) is 4.47. The van der Waals surface area contributed by atoms with Crippen molar-refractivity contribution in [1.29, 1.82) is 0 Å². The van der Waals surface area contributed by atoms with E-state index in [1.165, 1.54) is 11.3 Å². The third kappa shape index (κ3) is 3.30. The molecule has 0 atom stereocenters. The first-order chi connectivity index (χ1) is 8.65. The Morgan fingerprint density at radius 3 is 2.78 bits per heavy atom. The van der Waals surface area contributed by atoms with Gasteiger partial charge < -0.3 is 15.7 Å². The van der Waals surface area contributed by atoms with Gasteiger partial charge in [0.1, 0.15) is 0 Å². The summed E-state index contributed by atoms with van der Waals surface area (Å²) in [6.45, 7) is 0.296. The fourth-order valence-electron chi connectivity index (χ4n) is 1.62. The fourth-order valence-corrected chi connectivity index (χ4v) is 2.26. The van der Waals surface area contributed by atoms with Crippen molar-refractivity contribution in [1.82, 2.24) is 10.6 Å². The molecule has 0 spiro atoms. The molecule has 0 aliphatic heterocycles. The molecule has 0 unspecified atom stereocenters. The predicted molar refractivity (Wildman–Crippen MR) is 68.5 cm³/mol. The van der Waals surface area contributed by atoms with E-state index >= 15 is 0 Å². The maximum atomic E-state index is 11.6. The Balaban J connectivity index is 1.66. The molecule has 1 heterocycles. The lowest BCUT2D eigenvalue weighted by atomic mass is 10.2. The van der Waals surface area contributed by atoms with Gasteiger partial charge in [0.15, 0.2) is 0 Å². The van der Waals surface area contributed by atoms with Gasteiger partial charge in [0.25, 0.3) is 5.91 Å². The monoisotopic (exact) mass is 268 g/mol. The standard InChI is InChI=1S/C12H16N2O3S/c15-8-12(4-5-12)14-10(16)3-6-13-11(17)9-2-1-7-18-9/h1-2,7,15H,3-6,8H2,(H,13,17)(H,14,16). The first-order valence-electron chi connectivity index (χ1n) is 5.89. The molecule has 0 aromatic carbocycles. The summed E-state index contributed by atoms with van der Waals surface area (Å²) in [5.41, 5.74) is -0.380. The highest BCUT2D eigenvalue weighted by Gasteiger charge is 2.43. The molecule has 1 fully saturated rings. The van der Waals surface area contributed by atoms with Crippen LogP contribution in [0.15, 0.2) is 17.5 Å². The third-order valence-corrected chi connectivity index (χ3v) is 3.81. The van der Waals surface area contributed by atoms with Crippen LogP contribution in [0.3, 0.4) is 0 Å². The second-order valence-corrected chi connectivity index (χ2v) is 5.42. The minimum atomic E-state index is -0.380. The zero-order valence-electron chi connectivity index (χ0n) is 9.94. The van der Waals surface area contributed by atoms with Crippen LogP contribution < -0.4 is 10.6 Å². The summed E-state index contributed by atoms with van der Waals surface area (Å²) in [4.78, 5) is 23.8. The van der Waals surface area contributed by atoms with Crippen molar-refractivity contribution in [3.8, 4) is 0 Å². The van der Waals surface area contributed by atoms with Crippen molar-refractivity contribution in [3.05, 3.63) is 22.4 Å². The van der Waals surface area contributed by atoms with Gasteiger partial charge in [-0.25, -0.2) is 0 Å². The number of carbonyl (C=O) groups excluding carboxylic acids is 2. The van der Waals surface area contributed by atoms with Crippen molar-refractivity contribution in [2.24, 2.45) is 0 Å². The molecule has 98 valence electrons. The second kappa shape index (κ2) is 5.49. The van der Waals surface area contributed by atoms with Crippen LogP contribution in [0.2, 0.25) is 0 Å². The highest BCUT2D eigenvalue weighted by molar-refractivity contribution is 7.12. The summed E-state index contributed by atoms with van der Waals surface area (Å²) in [6.07, 6.45) is 1.90. The number of amides is 2. The van der Waals surface area contributed by atoms with Crippen LogP contribution in [0.4, 0.5) is 0 Å². The van der Waals surface area contributed by atoms with Gasteiger partial charge in [-0.15, -0.1) is 11.3 Å². The van der Waals surface area contributed by atoms with Crippen molar-refractivity contribution in [3.63, 3.8) is 0 Å². The van der Waals surface area contributed by atoms with Crippen molar-refractivity contribution < 1.29 is 14.7 Å². The molecule has 1 saturated carbocycles. The predicted octanol–water partition coefficient (Wildman–Crippen LogP) is 0.509. The summed E-state index contributed by atoms with van der Waals surface area (Å²) in [7, 11) is 0. The minimum absolute atomic E-state index is 0.0136. The van der Waals surface area contributed by atoms with Crippen LogP contribution >= 0.6 is 11.3 Å². The highest BCUT2D eigenvalue weighted by Crippen LogP contribution is 2.34. The molecule has 0 radical (unpaired) electrons. The van der Waals surface area contributed by atoms with Gasteiger partial charge in [-0.3, -0.25) is 9.59 Å². The van der Waals surface area contributed by atoms with Gasteiger partial charge in [0.2, 0.25) is 5.91 Å². The molecule has 1 aromatic heterocycles. The highest BCUT2D eigenvalue weighted by atomic mass is 32.1. The molecule has 2 amide bonds. The van der Waals surface area contributed by atoms with E-state index < -0.39 is 0 Å². The molecule has 1 aromatic rings. The quantitative estimate of drug-likeness (QED) is 0.703. The number of rotatable bonds is 6. The average molecular weight is 268 g/mol. The third-order valence-electron chi connectivity index (χ3n) is 2.94. The zero-order chi connectivity index (χ0) is 13.0. The Labute approximate surface area is 109 Å². The number of thiophene rings is 1. The van der Waals surface area contributed by atoms with Crippen molar-refractivity contribution in [2.75, 3.05) is 13.2 Å². The SMILES string of the molecule is O=C(CCNC(=O)c1cccs1)NC1(CO)CC1. The van der Waals surface area contributed by atoms with Crippen LogP contribution in [0.5, 0.6) is 0 Å².